The minimum Gasteiger partial charge on any atom is -0.294 e. The first-order valence-electron chi connectivity index (χ1n) is 5.80. The summed E-state index contributed by atoms with van der Waals surface area (Å²) in [6.07, 6.45) is 1.66. The molecular weight excluding hydrogens is 250 g/mol. The molecule has 0 spiro atoms. The van der Waals surface area contributed by atoms with Crippen LogP contribution in [0, 0.1) is 11.3 Å². The molecule has 0 unspecified atom stereocenters. The summed E-state index contributed by atoms with van der Waals surface area (Å²) in [5.41, 5.74) is 1.23. The number of benzene rings is 1. The Kier molecular flexibility index (Phi) is 3.48. The minimum absolute atomic E-state index is 0.109. The van der Waals surface area contributed by atoms with Crippen molar-refractivity contribution in [2.75, 3.05) is 5.75 Å². The molecule has 0 saturated heterocycles. The van der Waals surface area contributed by atoms with Gasteiger partial charge in [-0.05, 0) is 30.5 Å². The molecule has 18 heavy (non-hydrogen) atoms. The first-order valence-corrected chi connectivity index (χ1v) is 7.45. The van der Waals surface area contributed by atoms with E-state index in [1.807, 2.05) is 6.07 Å². The van der Waals surface area contributed by atoms with Gasteiger partial charge in [-0.2, -0.15) is 5.26 Å². The van der Waals surface area contributed by atoms with Gasteiger partial charge >= 0.3 is 0 Å². The SMILES string of the molecule is N#CCCC(=O)c1ccc2c(c1)CCCS2(=O)=O. The Hall–Kier alpha value is -1.67. The van der Waals surface area contributed by atoms with Crippen molar-refractivity contribution in [3.8, 4) is 6.07 Å². The predicted molar refractivity (Wildman–Crippen MR) is 66.0 cm³/mol. The van der Waals surface area contributed by atoms with Crippen molar-refractivity contribution in [3.05, 3.63) is 29.3 Å². The minimum atomic E-state index is -3.17. The van der Waals surface area contributed by atoms with Crippen LogP contribution in [-0.4, -0.2) is 20.0 Å². The Labute approximate surface area is 106 Å². The van der Waals surface area contributed by atoms with E-state index in [0.717, 1.165) is 5.56 Å². The highest BCUT2D eigenvalue weighted by Crippen LogP contribution is 2.26. The van der Waals surface area contributed by atoms with Gasteiger partial charge in [-0.25, -0.2) is 8.42 Å². The second-order valence-corrected chi connectivity index (χ2v) is 6.40. The summed E-state index contributed by atoms with van der Waals surface area (Å²) >= 11 is 0. The smallest absolute Gasteiger partial charge is 0.178 e. The lowest BCUT2D eigenvalue weighted by molar-refractivity contribution is 0.0984. The number of rotatable bonds is 3. The van der Waals surface area contributed by atoms with Crippen molar-refractivity contribution >= 4 is 15.6 Å². The Morgan fingerprint density at radius 2 is 2.17 bits per heavy atom. The van der Waals surface area contributed by atoms with Gasteiger partial charge in [0.05, 0.1) is 16.7 Å². The molecular formula is C13H13NO3S. The van der Waals surface area contributed by atoms with Crippen LogP contribution in [-0.2, 0) is 16.3 Å². The van der Waals surface area contributed by atoms with Gasteiger partial charge in [-0.1, -0.05) is 6.07 Å². The number of ketones is 1. The summed E-state index contributed by atoms with van der Waals surface area (Å²) in [7, 11) is -3.17. The van der Waals surface area contributed by atoms with Gasteiger partial charge in [0.2, 0.25) is 0 Å². The van der Waals surface area contributed by atoms with Crippen molar-refractivity contribution in [2.24, 2.45) is 0 Å². The molecule has 0 aliphatic carbocycles. The first-order chi connectivity index (χ1) is 8.54. The van der Waals surface area contributed by atoms with Crippen LogP contribution in [0.15, 0.2) is 23.1 Å². The zero-order chi connectivity index (χ0) is 13.2. The molecule has 0 radical (unpaired) electrons. The highest BCUT2D eigenvalue weighted by atomic mass is 32.2. The summed E-state index contributed by atoms with van der Waals surface area (Å²) in [6.45, 7) is 0. The molecule has 0 amide bonds. The standard InChI is InChI=1S/C13H13NO3S/c14-7-1-4-12(15)10-5-6-13-11(9-10)3-2-8-18(13,16)17/h5-6,9H,1-4,8H2. The van der Waals surface area contributed by atoms with Crippen LogP contribution in [0.25, 0.3) is 0 Å². The number of nitriles is 1. The second kappa shape index (κ2) is 4.91. The Morgan fingerprint density at radius 1 is 1.39 bits per heavy atom. The summed E-state index contributed by atoms with van der Waals surface area (Å²) in [4.78, 5) is 12.1. The maximum Gasteiger partial charge on any atom is 0.178 e. The number of hydrogen-bond donors (Lipinski definition) is 0. The van der Waals surface area contributed by atoms with Gasteiger partial charge in [0.1, 0.15) is 0 Å². The van der Waals surface area contributed by atoms with E-state index in [4.69, 9.17) is 5.26 Å². The van der Waals surface area contributed by atoms with E-state index in [-0.39, 0.29) is 24.4 Å². The Balaban J connectivity index is 2.34. The van der Waals surface area contributed by atoms with Crippen molar-refractivity contribution in [2.45, 2.75) is 30.6 Å². The normalized spacial score (nSPS) is 16.6. The number of nitrogens with zero attached hydrogens (tertiary/aromatic N) is 1. The number of sulfone groups is 1. The molecule has 1 heterocycles. The molecule has 94 valence electrons. The second-order valence-electron chi connectivity index (χ2n) is 4.33. The number of fused-ring (bicyclic) bond motifs is 1. The number of carbonyl (C=O) groups excluding carboxylic acids is 1. The fourth-order valence-electron chi connectivity index (χ4n) is 2.13. The molecule has 0 saturated carbocycles. The largest absolute Gasteiger partial charge is 0.294 e. The van der Waals surface area contributed by atoms with Crippen molar-refractivity contribution in [1.82, 2.24) is 0 Å². The molecule has 2 rings (SSSR count). The Bertz CT molecular complexity index is 626. The van der Waals surface area contributed by atoms with E-state index in [2.05, 4.69) is 0 Å². The molecule has 1 aliphatic heterocycles. The number of aryl methyl sites for hydroxylation is 1. The third-order valence-electron chi connectivity index (χ3n) is 3.04. The third-order valence-corrected chi connectivity index (χ3v) is 4.94. The third kappa shape index (κ3) is 2.44. The van der Waals surface area contributed by atoms with Gasteiger partial charge in [0.15, 0.2) is 15.6 Å². The van der Waals surface area contributed by atoms with E-state index in [1.165, 1.54) is 6.07 Å². The van der Waals surface area contributed by atoms with Crippen molar-refractivity contribution < 1.29 is 13.2 Å². The van der Waals surface area contributed by atoms with Crippen LogP contribution in [0.2, 0.25) is 0 Å². The van der Waals surface area contributed by atoms with Gasteiger partial charge in [-0.3, -0.25) is 4.79 Å². The lowest BCUT2D eigenvalue weighted by Crippen LogP contribution is -2.16. The first kappa shape index (κ1) is 12.8. The Morgan fingerprint density at radius 3 is 2.89 bits per heavy atom. The molecule has 1 aromatic carbocycles. The van der Waals surface area contributed by atoms with Crippen LogP contribution in [0.5, 0.6) is 0 Å². The van der Waals surface area contributed by atoms with Gasteiger partial charge in [0.25, 0.3) is 0 Å². The average Bonchev–Trinajstić information content (AvgIpc) is 2.35. The van der Waals surface area contributed by atoms with Crippen molar-refractivity contribution in [1.29, 1.82) is 5.26 Å². The number of carbonyl (C=O) groups is 1. The summed E-state index contributed by atoms with van der Waals surface area (Å²) in [6, 6.07) is 6.65. The van der Waals surface area contributed by atoms with Crippen LogP contribution in [0.3, 0.4) is 0 Å². The van der Waals surface area contributed by atoms with E-state index in [0.29, 0.717) is 23.3 Å². The molecule has 0 aromatic heterocycles. The lowest BCUT2D eigenvalue weighted by atomic mass is 10.0. The van der Waals surface area contributed by atoms with Gasteiger partial charge in [0, 0.05) is 18.4 Å². The summed E-state index contributed by atoms with van der Waals surface area (Å²) in [5.74, 6) is 0.0733. The van der Waals surface area contributed by atoms with E-state index >= 15 is 0 Å². The van der Waals surface area contributed by atoms with Gasteiger partial charge in [-0.15, -0.1) is 0 Å². The fourth-order valence-corrected chi connectivity index (χ4v) is 3.71. The molecule has 1 aliphatic rings. The zero-order valence-electron chi connectivity index (χ0n) is 9.85. The lowest BCUT2D eigenvalue weighted by Gasteiger charge is -2.16. The van der Waals surface area contributed by atoms with Crippen LogP contribution in [0.4, 0.5) is 0 Å². The maximum atomic E-state index is 11.8. The zero-order valence-corrected chi connectivity index (χ0v) is 10.7. The molecule has 5 heteroatoms. The molecule has 4 nitrogen and oxygen atoms in total. The average molecular weight is 263 g/mol. The molecule has 0 fully saturated rings. The highest BCUT2D eigenvalue weighted by molar-refractivity contribution is 7.91. The van der Waals surface area contributed by atoms with Crippen LogP contribution < -0.4 is 0 Å². The molecule has 0 N–H and O–H groups in total. The summed E-state index contributed by atoms with van der Waals surface area (Å²) in [5, 5.41) is 8.44. The number of Topliss-reactive ketones (excluding diaryl/α,β-unsaturated/α-hetero) is 1. The molecule has 0 bridgehead atoms. The summed E-state index contributed by atoms with van der Waals surface area (Å²) < 4.78 is 23.6. The van der Waals surface area contributed by atoms with Crippen molar-refractivity contribution in [3.63, 3.8) is 0 Å². The molecule has 0 atom stereocenters. The van der Waals surface area contributed by atoms with Crippen LogP contribution in [0.1, 0.15) is 35.2 Å². The van der Waals surface area contributed by atoms with E-state index in [1.54, 1.807) is 12.1 Å². The fraction of sp³-hybridized carbons (Fsp3) is 0.385. The van der Waals surface area contributed by atoms with Gasteiger partial charge < -0.3 is 0 Å². The molecule has 1 aromatic rings. The predicted octanol–water partition coefficient (Wildman–Crippen LogP) is 1.89. The monoisotopic (exact) mass is 263 g/mol. The quantitative estimate of drug-likeness (QED) is 0.780. The topological polar surface area (TPSA) is 75.0 Å². The van der Waals surface area contributed by atoms with E-state index in [9.17, 15) is 13.2 Å². The highest BCUT2D eigenvalue weighted by Gasteiger charge is 2.24. The number of hydrogen-bond acceptors (Lipinski definition) is 4. The maximum absolute atomic E-state index is 11.8. The van der Waals surface area contributed by atoms with Crippen LogP contribution >= 0.6 is 0 Å². The van der Waals surface area contributed by atoms with E-state index < -0.39 is 9.84 Å².